The van der Waals surface area contributed by atoms with Crippen LogP contribution < -0.4 is 10.4 Å². The first-order chi connectivity index (χ1) is 18.2. The summed E-state index contributed by atoms with van der Waals surface area (Å²) in [5.41, 5.74) is -5.13. The van der Waals surface area contributed by atoms with Gasteiger partial charge in [0.05, 0.1) is 72.8 Å². The zero-order chi connectivity index (χ0) is 28.0. The Morgan fingerprint density at radius 1 is 0.974 bits per heavy atom. The summed E-state index contributed by atoms with van der Waals surface area (Å²) in [6.45, 7) is -2.63. The Morgan fingerprint density at radius 3 is 2.18 bits per heavy atom. The molecule has 1 saturated carbocycles. The Morgan fingerprint density at radius 2 is 1.66 bits per heavy atom. The number of esters is 3. The topological polar surface area (TPSA) is 197 Å². The molecule has 2 fully saturated rings. The molecule has 1 aliphatic carbocycles. The van der Waals surface area contributed by atoms with Gasteiger partial charge in [-0.25, -0.2) is 9.59 Å². The summed E-state index contributed by atoms with van der Waals surface area (Å²) in [6, 6.07) is 0. The highest BCUT2D eigenvalue weighted by Gasteiger charge is 2.88. The summed E-state index contributed by atoms with van der Waals surface area (Å²) in [7, 11) is 4.70. The van der Waals surface area contributed by atoms with Crippen LogP contribution in [0.5, 0.6) is 5.75 Å². The summed E-state index contributed by atoms with van der Waals surface area (Å²) in [5.74, 6) is -5.81. The van der Waals surface area contributed by atoms with E-state index < -0.39 is 78.7 Å². The molecule has 0 unspecified atom stereocenters. The maximum absolute atomic E-state index is 13.3. The van der Waals surface area contributed by atoms with E-state index in [0.29, 0.717) is 0 Å². The van der Waals surface area contributed by atoms with Gasteiger partial charge in [-0.3, -0.25) is 9.59 Å². The van der Waals surface area contributed by atoms with E-state index in [-0.39, 0.29) is 40.6 Å². The Hall–Kier alpha value is -3.46. The zero-order valence-corrected chi connectivity index (χ0v) is 21.1. The molecule has 0 bridgehead atoms. The van der Waals surface area contributed by atoms with E-state index in [1.165, 1.54) is 14.2 Å². The first kappa shape index (κ1) is 27.6. The molecule has 1 saturated heterocycles. The monoisotopic (exact) mass is 540 g/mol. The van der Waals surface area contributed by atoms with Gasteiger partial charge in [0.1, 0.15) is 45.8 Å². The second-order valence-electron chi connectivity index (χ2n) is 8.94. The number of hydrogen-bond donors (Lipinski definition) is 3. The highest BCUT2D eigenvalue weighted by molar-refractivity contribution is 5.94. The van der Waals surface area contributed by atoms with Crippen LogP contribution in [0.2, 0.25) is 0 Å². The smallest absolute Gasteiger partial charge is 0.345 e. The second-order valence-corrected chi connectivity index (χ2v) is 8.94. The summed E-state index contributed by atoms with van der Waals surface area (Å²) in [4.78, 5) is 51.6. The third-order valence-electron chi connectivity index (χ3n) is 7.70. The predicted molar refractivity (Wildman–Crippen MR) is 120 cm³/mol. The van der Waals surface area contributed by atoms with E-state index >= 15 is 0 Å². The molecule has 2 aliphatic heterocycles. The third kappa shape index (κ3) is 3.33. The lowest BCUT2D eigenvalue weighted by Crippen LogP contribution is -2.77. The molecule has 0 aromatic carbocycles. The average molecular weight is 540 g/mol. The molecule has 208 valence electrons. The minimum absolute atomic E-state index is 0.0626. The molecule has 1 aromatic rings. The lowest BCUT2D eigenvalue weighted by molar-refractivity contribution is -0.254. The van der Waals surface area contributed by atoms with Gasteiger partial charge < -0.3 is 48.2 Å². The van der Waals surface area contributed by atoms with Crippen LogP contribution in [0.1, 0.15) is 29.2 Å². The van der Waals surface area contributed by atoms with Crippen LogP contribution in [0.3, 0.4) is 0 Å². The van der Waals surface area contributed by atoms with Crippen molar-refractivity contribution in [3.05, 3.63) is 38.6 Å². The van der Waals surface area contributed by atoms with Crippen molar-refractivity contribution in [3.8, 4) is 5.75 Å². The Bertz CT molecular complexity index is 1250. The van der Waals surface area contributed by atoms with Crippen LogP contribution in [0.15, 0.2) is 20.5 Å². The van der Waals surface area contributed by atoms with Crippen molar-refractivity contribution in [1.29, 1.82) is 0 Å². The average Bonchev–Trinajstić information content (AvgIpc) is 3.17. The lowest BCUT2D eigenvalue weighted by Gasteiger charge is -2.64. The van der Waals surface area contributed by atoms with E-state index in [1.54, 1.807) is 0 Å². The van der Waals surface area contributed by atoms with E-state index in [0.717, 1.165) is 14.2 Å². The van der Waals surface area contributed by atoms with Gasteiger partial charge in [0, 0.05) is 0 Å². The van der Waals surface area contributed by atoms with Crippen LogP contribution >= 0.6 is 0 Å². The summed E-state index contributed by atoms with van der Waals surface area (Å²) in [5, 5.41) is 30.0. The van der Waals surface area contributed by atoms with Crippen LogP contribution in [0.25, 0.3) is 0 Å². The molecular weight excluding hydrogens is 512 g/mol. The lowest BCUT2D eigenvalue weighted by atomic mass is 9.40. The molecule has 3 aliphatic rings. The van der Waals surface area contributed by atoms with Gasteiger partial charge in [-0.05, 0) is 0 Å². The van der Waals surface area contributed by atoms with Crippen molar-refractivity contribution < 1.29 is 62.5 Å². The maximum Gasteiger partial charge on any atom is 0.345 e. The van der Waals surface area contributed by atoms with Gasteiger partial charge in [-0.1, -0.05) is 0 Å². The fourth-order valence-corrected chi connectivity index (χ4v) is 6.28. The van der Waals surface area contributed by atoms with Gasteiger partial charge in [0.25, 0.3) is 0 Å². The Labute approximate surface area is 215 Å². The van der Waals surface area contributed by atoms with E-state index in [1.807, 2.05) is 0 Å². The van der Waals surface area contributed by atoms with Crippen molar-refractivity contribution >= 4 is 17.9 Å². The second kappa shape index (κ2) is 10.0. The van der Waals surface area contributed by atoms with Crippen molar-refractivity contribution in [3.63, 3.8) is 0 Å². The standard InChI is InChI=1S/C24H28O14/c1-32-14(28)5-13-24-16(22(31)35-4)15(18-10(6-25)17(33-2)11(7-26)20(29)37-18)23(24,9-36-13)19(34-3)12(8-27)21(30)38-24/h13,15-16,25-27H,5-9H2,1-4H3/t13-,15-,16-,23-,24-/m0/s1. The number of ether oxygens (including phenoxy) is 6. The fourth-order valence-electron chi connectivity index (χ4n) is 6.28. The van der Waals surface area contributed by atoms with Gasteiger partial charge in [-0.15, -0.1) is 0 Å². The van der Waals surface area contributed by atoms with Gasteiger partial charge in [-0.2, -0.15) is 0 Å². The number of carbonyl (C=O) groups is 3. The molecule has 0 amide bonds. The van der Waals surface area contributed by atoms with Crippen molar-refractivity contribution in [2.24, 2.45) is 11.3 Å². The van der Waals surface area contributed by atoms with E-state index in [9.17, 15) is 34.5 Å². The molecule has 3 heterocycles. The molecule has 4 rings (SSSR count). The third-order valence-corrected chi connectivity index (χ3v) is 7.70. The number of hydrogen-bond acceptors (Lipinski definition) is 14. The van der Waals surface area contributed by atoms with Crippen molar-refractivity contribution in [1.82, 2.24) is 0 Å². The summed E-state index contributed by atoms with van der Waals surface area (Å²) in [6.07, 6.45) is -1.66. The molecule has 14 heteroatoms. The van der Waals surface area contributed by atoms with Gasteiger partial charge in [0.15, 0.2) is 5.60 Å². The van der Waals surface area contributed by atoms with Crippen molar-refractivity contribution in [2.45, 2.75) is 37.3 Å². The fraction of sp³-hybridized carbons (Fsp3) is 0.583. The molecule has 1 aromatic heterocycles. The summed E-state index contributed by atoms with van der Waals surface area (Å²) >= 11 is 0. The highest BCUT2D eigenvalue weighted by atomic mass is 16.6. The minimum atomic E-state index is -1.91. The molecular formula is C24H28O14. The van der Waals surface area contributed by atoms with E-state index in [4.69, 9.17) is 32.8 Å². The SMILES string of the molecule is COC(=O)C[C@@H]1OC[C@]23C(OC)=C(CO)C(=O)O[C@]12[C@H](C(=O)OC)[C@H]3c1oc(=O)c(CO)c(OC)c1CO. The summed E-state index contributed by atoms with van der Waals surface area (Å²) < 4.78 is 38.1. The van der Waals surface area contributed by atoms with Crippen LogP contribution in [0, 0.1) is 11.3 Å². The van der Waals surface area contributed by atoms with Gasteiger partial charge >= 0.3 is 23.5 Å². The highest BCUT2D eigenvalue weighted by Crippen LogP contribution is 2.75. The number of methoxy groups -OCH3 is 4. The first-order valence-electron chi connectivity index (χ1n) is 11.5. The van der Waals surface area contributed by atoms with Crippen LogP contribution in [-0.2, 0) is 51.3 Å². The number of aliphatic hydroxyl groups excluding tert-OH is 3. The zero-order valence-electron chi connectivity index (χ0n) is 21.1. The normalized spacial score (nSPS) is 29.6. The molecule has 5 atom stereocenters. The number of rotatable bonds is 9. The molecule has 14 nitrogen and oxygen atoms in total. The Kier molecular flexibility index (Phi) is 7.27. The van der Waals surface area contributed by atoms with Crippen LogP contribution in [-0.4, -0.2) is 86.6 Å². The molecule has 3 N–H and O–H groups in total. The van der Waals surface area contributed by atoms with Crippen molar-refractivity contribution in [2.75, 3.05) is 41.7 Å². The maximum atomic E-state index is 13.3. The van der Waals surface area contributed by atoms with Crippen LogP contribution in [0.4, 0.5) is 0 Å². The van der Waals surface area contributed by atoms with Gasteiger partial charge in [0.2, 0.25) is 0 Å². The van der Waals surface area contributed by atoms with E-state index in [2.05, 4.69) is 0 Å². The predicted octanol–water partition coefficient (Wildman–Crippen LogP) is -1.34. The minimum Gasteiger partial charge on any atom is -0.500 e. The quantitative estimate of drug-likeness (QED) is 0.246. The molecule has 38 heavy (non-hydrogen) atoms. The number of aliphatic hydroxyl groups is 3. The molecule has 0 radical (unpaired) electrons. The Balaban J connectivity index is 2.09. The first-order valence-corrected chi connectivity index (χ1v) is 11.5. The number of carbonyl (C=O) groups excluding carboxylic acids is 3. The largest absolute Gasteiger partial charge is 0.500 e. The molecule has 0 spiro atoms.